The molecule has 0 aromatic carbocycles. The van der Waals surface area contributed by atoms with Crippen molar-refractivity contribution in [3.63, 3.8) is 0 Å². The first-order valence-electron chi connectivity index (χ1n) is 5.80. The standard InChI is InChI=1S/C11H21N3O/c1-3-10(4-2)8-14-9-11(12-13-14)6-5-7-15/h9-10,15H,3-8H2,1-2H3. The average Bonchev–Trinajstić information content (AvgIpc) is 2.70. The molecule has 86 valence electrons. The van der Waals surface area contributed by atoms with E-state index in [9.17, 15) is 0 Å². The maximum Gasteiger partial charge on any atom is 0.0828 e. The Kier molecular flexibility index (Phi) is 5.32. The second kappa shape index (κ2) is 6.56. The number of hydrogen-bond donors (Lipinski definition) is 1. The number of aromatic nitrogens is 3. The van der Waals surface area contributed by atoms with E-state index in [0.717, 1.165) is 25.1 Å². The van der Waals surface area contributed by atoms with E-state index >= 15 is 0 Å². The minimum Gasteiger partial charge on any atom is -0.396 e. The Morgan fingerprint density at radius 2 is 2.13 bits per heavy atom. The van der Waals surface area contributed by atoms with Crippen molar-refractivity contribution in [3.8, 4) is 0 Å². The van der Waals surface area contributed by atoms with Crippen LogP contribution in [0.4, 0.5) is 0 Å². The molecule has 1 rings (SSSR count). The van der Waals surface area contributed by atoms with E-state index in [0.29, 0.717) is 5.92 Å². The van der Waals surface area contributed by atoms with Crippen LogP contribution in [-0.2, 0) is 13.0 Å². The summed E-state index contributed by atoms with van der Waals surface area (Å²) in [5.41, 5.74) is 0.981. The zero-order chi connectivity index (χ0) is 11.1. The average molecular weight is 211 g/mol. The maximum absolute atomic E-state index is 8.70. The molecule has 1 N–H and O–H groups in total. The number of rotatable bonds is 7. The van der Waals surface area contributed by atoms with Crippen molar-refractivity contribution in [2.75, 3.05) is 6.61 Å². The van der Waals surface area contributed by atoms with Crippen molar-refractivity contribution in [2.24, 2.45) is 5.92 Å². The van der Waals surface area contributed by atoms with Crippen LogP contribution < -0.4 is 0 Å². The summed E-state index contributed by atoms with van der Waals surface area (Å²) >= 11 is 0. The summed E-state index contributed by atoms with van der Waals surface area (Å²) in [4.78, 5) is 0. The largest absolute Gasteiger partial charge is 0.396 e. The molecule has 0 unspecified atom stereocenters. The maximum atomic E-state index is 8.70. The molecule has 0 saturated heterocycles. The predicted molar refractivity (Wildman–Crippen MR) is 59.5 cm³/mol. The lowest BCUT2D eigenvalue weighted by atomic mass is 10.0. The summed E-state index contributed by atoms with van der Waals surface area (Å²) in [6, 6.07) is 0. The van der Waals surface area contributed by atoms with E-state index in [2.05, 4.69) is 24.2 Å². The van der Waals surface area contributed by atoms with Crippen molar-refractivity contribution >= 4 is 0 Å². The summed E-state index contributed by atoms with van der Waals surface area (Å²) in [6.45, 7) is 5.59. The van der Waals surface area contributed by atoms with Gasteiger partial charge < -0.3 is 5.11 Å². The summed E-state index contributed by atoms with van der Waals surface area (Å²) in [6.07, 6.45) is 5.95. The minimum absolute atomic E-state index is 0.222. The molecule has 0 radical (unpaired) electrons. The summed E-state index contributed by atoms with van der Waals surface area (Å²) in [5.74, 6) is 0.692. The highest BCUT2D eigenvalue weighted by Gasteiger charge is 2.06. The van der Waals surface area contributed by atoms with Gasteiger partial charge in [0.2, 0.25) is 0 Å². The second-order valence-electron chi connectivity index (χ2n) is 3.94. The van der Waals surface area contributed by atoms with Gasteiger partial charge in [-0.1, -0.05) is 31.9 Å². The Hall–Kier alpha value is -0.900. The van der Waals surface area contributed by atoms with E-state index in [-0.39, 0.29) is 6.61 Å². The Balaban J connectivity index is 2.44. The third kappa shape index (κ3) is 4.00. The molecule has 0 bridgehead atoms. The second-order valence-corrected chi connectivity index (χ2v) is 3.94. The molecule has 0 aliphatic heterocycles. The lowest BCUT2D eigenvalue weighted by molar-refractivity contribution is 0.288. The topological polar surface area (TPSA) is 50.9 Å². The van der Waals surface area contributed by atoms with Crippen molar-refractivity contribution in [1.29, 1.82) is 0 Å². The Morgan fingerprint density at radius 1 is 1.40 bits per heavy atom. The zero-order valence-electron chi connectivity index (χ0n) is 9.69. The first-order valence-corrected chi connectivity index (χ1v) is 5.80. The van der Waals surface area contributed by atoms with Gasteiger partial charge in [0.25, 0.3) is 0 Å². The first kappa shape index (κ1) is 12.2. The smallest absolute Gasteiger partial charge is 0.0828 e. The highest BCUT2D eigenvalue weighted by molar-refractivity contribution is 4.92. The fourth-order valence-electron chi connectivity index (χ4n) is 1.61. The monoisotopic (exact) mass is 211 g/mol. The van der Waals surface area contributed by atoms with Gasteiger partial charge in [-0.05, 0) is 18.8 Å². The van der Waals surface area contributed by atoms with Crippen molar-refractivity contribution in [2.45, 2.75) is 46.1 Å². The summed E-state index contributed by atoms with van der Waals surface area (Å²) in [5, 5.41) is 16.9. The molecule has 0 saturated carbocycles. The van der Waals surface area contributed by atoms with Crippen LogP contribution in [0.15, 0.2) is 6.20 Å². The van der Waals surface area contributed by atoms with E-state index in [4.69, 9.17) is 5.11 Å². The summed E-state index contributed by atoms with van der Waals surface area (Å²) in [7, 11) is 0. The fraction of sp³-hybridized carbons (Fsp3) is 0.818. The fourth-order valence-corrected chi connectivity index (χ4v) is 1.61. The molecule has 0 fully saturated rings. The predicted octanol–water partition coefficient (Wildman–Crippen LogP) is 1.64. The molecular weight excluding hydrogens is 190 g/mol. The van der Waals surface area contributed by atoms with Crippen LogP contribution in [0.3, 0.4) is 0 Å². The van der Waals surface area contributed by atoms with Crippen LogP contribution in [0.2, 0.25) is 0 Å². The van der Waals surface area contributed by atoms with E-state index in [1.54, 1.807) is 0 Å². The normalized spacial score (nSPS) is 11.2. The van der Waals surface area contributed by atoms with Crippen molar-refractivity contribution in [1.82, 2.24) is 15.0 Å². The SMILES string of the molecule is CCC(CC)Cn1cc(CCCO)nn1. The number of nitrogens with zero attached hydrogens (tertiary/aromatic N) is 3. The van der Waals surface area contributed by atoms with Gasteiger partial charge in [-0.2, -0.15) is 0 Å². The highest BCUT2D eigenvalue weighted by Crippen LogP contribution is 2.10. The third-order valence-electron chi connectivity index (χ3n) is 2.78. The van der Waals surface area contributed by atoms with Gasteiger partial charge in [0.1, 0.15) is 0 Å². The number of aryl methyl sites for hydroxylation is 1. The highest BCUT2D eigenvalue weighted by atomic mass is 16.2. The van der Waals surface area contributed by atoms with Gasteiger partial charge in [-0.15, -0.1) is 5.10 Å². The number of aliphatic hydroxyl groups is 1. The van der Waals surface area contributed by atoms with Crippen LogP contribution in [0.25, 0.3) is 0 Å². The lowest BCUT2D eigenvalue weighted by Gasteiger charge is -2.10. The quantitative estimate of drug-likeness (QED) is 0.746. The summed E-state index contributed by atoms with van der Waals surface area (Å²) < 4.78 is 1.92. The van der Waals surface area contributed by atoms with Crippen LogP contribution in [-0.4, -0.2) is 26.7 Å². The molecule has 1 heterocycles. The van der Waals surface area contributed by atoms with E-state index < -0.39 is 0 Å². The molecular formula is C11H21N3O. The van der Waals surface area contributed by atoms with Gasteiger partial charge >= 0.3 is 0 Å². The van der Waals surface area contributed by atoms with E-state index in [1.807, 2.05) is 10.9 Å². The van der Waals surface area contributed by atoms with Gasteiger partial charge in [0.05, 0.1) is 5.69 Å². The molecule has 0 amide bonds. The van der Waals surface area contributed by atoms with Gasteiger partial charge in [0.15, 0.2) is 0 Å². The molecule has 4 heteroatoms. The Labute approximate surface area is 91.3 Å². The van der Waals surface area contributed by atoms with E-state index in [1.165, 1.54) is 12.8 Å². The molecule has 0 aliphatic carbocycles. The number of hydrogen-bond acceptors (Lipinski definition) is 3. The van der Waals surface area contributed by atoms with Crippen LogP contribution >= 0.6 is 0 Å². The molecule has 15 heavy (non-hydrogen) atoms. The minimum atomic E-state index is 0.222. The molecule has 4 nitrogen and oxygen atoms in total. The van der Waals surface area contributed by atoms with Crippen molar-refractivity contribution in [3.05, 3.63) is 11.9 Å². The van der Waals surface area contributed by atoms with Gasteiger partial charge in [-0.3, -0.25) is 4.68 Å². The van der Waals surface area contributed by atoms with Crippen molar-refractivity contribution < 1.29 is 5.11 Å². The lowest BCUT2D eigenvalue weighted by Crippen LogP contribution is -2.09. The number of aliphatic hydroxyl groups excluding tert-OH is 1. The molecule has 1 aromatic heterocycles. The van der Waals surface area contributed by atoms with Crippen LogP contribution in [0.5, 0.6) is 0 Å². The van der Waals surface area contributed by atoms with Gasteiger partial charge in [-0.25, -0.2) is 0 Å². The molecule has 1 aromatic rings. The Bertz CT molecular complexity index is 269. The third-order valence-corrected chi connectivity index (χ3v) is 2.78. The molecule has 0 spiro atoms. The Morgan fingerprint density at radius 3 is 2.73 bits per heavy atom. The molecule has 0 atom stereocenters. The molecule has 0 aliphatic rings. The van der Waals surface area contributed by atoms with Gasteiger partial charge in [0, 0.05) is 19.3 Å². The zero-order valence-corrected chi connectivity index (χ0v) is 9.69. The van der Waals surface area contributed by atoms with Crippen LogP contribution in [0.1, 0.15) is 38.8 Å². The van der Waals surface area contributed by atoms with Crippen LogP contribution in [0, 0.1) is 5.92 Å². The first-order chi connectivity index (χ1) is 7.30.